The van der Waals surface area contributed by atoms with Crippen molar-refractivity contribution in [3.63, 3.8) is 0 Å². The highest BCUT2D eigenvalue weighted by Crippen LogP contribution is 2.42. The number of anilines is 1. The molecule has 1 unspecified atom stereocenters. The van der Waals surface area contributed by atoms with Crippen LogP contribution in [0.4, 0.5) is 5.82 Å². The van der Waals surface area contributed by atoms with Crippen molar-refractivity contribution in [3.05, 3.63) is 54.5 Å². The molecule has 0 saturated heterocycles. The quantitative estimate of drug-likeness (QED) is 0.869. The topological polar surface area (TPSA) is 37.8 Å². The lowest BCUT2D eigenvalue weighted by Gasteiger charge is -2.18. The monoisotopic (exact) mass is 225 g/mol. The zero-order chi connectivity index (χ0) is 11.5. The number of benzene rings is 1. The Morgan fingerprint density at radius 1 is 1.12 bits per heavy atom. The molecule has 0 amide bonds. The molecule has 1 aromatic heterocycles. The lowest BCUT2D eigenvalue weighted by atomic mass is 10.0. The molecule has 1 aromatic carbocycles. The predicted molar refractivity (Wildman–Crippen MR) is 67.6 cm³/mol. The number of nitrogens with one attached hydrogen (secondary N) is 1. The molecular weight excluding hydrogens is 210 g/mol. The summed E-state index contributed by atoms with van der Waals surface area (Å²) in [5.41, 5.74) is 1.33. The molecule has 0 spiro atoms. The highest BCUT2D eigenvalue weighted by Gasteiger charge is 2.32. The van der Waals surface area contributed by atoms with E-state index < -0.39 is 0 Å². The van der Waals surface area contributed by atoms with E-state index in [4.69, 9.17) is 0 Å². The fourth-order valence-electron chi connectivity index (χ4n) is 2.10. The Hall–Kier alpha value is -1.90. The first kappa shape index (κ1) is 10.3. The maximum absolute atomic E-state index is 4.28. The van der Waals surface area contributed by atoms with E-state index in [2.05, 4.69) is 45.6 Å². The van der Waals surface area contributed by atoms with E-state index in [1.165, 1.54) is 18.4 Å². The number of rotatable bonds is 4. The standard InChI is InChI=1S/C14H15N3/c1-2-4-11(5-3-1)14(12-6-7-12)17-13-10-15-8-9-16-13/h1-5,8-10,12,14H,6-7H2,(H,16,17). The minimum atomic E-state index is 0.368. The minimum absolute atomic E-state index is 0.368. The summed E-state index contributed by atoms with van der Waals surface area (Å²) >= 11 is 0. The van der Waals surface area contributed by atoms with Crippen molar-refractivity contribution in [1.82, 2.24) is 9.97 Å². The summed E-state index contributed by atoms with van der Waals surface area (Å²) in [7, 11) is 0. The van der Waals surface area contributed by atoms with Crippen LogP contribution in [-0.2, 0) is 0 Å². The average molecular weight is 225 g/mol. The van der Waals surface area contributed by atoms with Crippen molar-refractivity contribution >= 4 is 5.82 Å². The molecule has 3 nitrogen and oxygen atoms in total. The molecule has 3 heteroatoms. The van der Waals surface area contributed by atoms with Crippen LogP contribution in [0.2, 0.25) is 0 Å². The van der Waals surface area contributed by atoms with Crippen LogP contribution >= 0.6 is 0 Å². The molecule has 1 aliphatic rings. The largest absolute Gasteiger partial charge is 0.362 e. The van der Waals surface area contributed by atoms with Crippen LogP contribution < -0.4 is 5.32 Å². The molecule has 1 atom stereocenters. The van der Waals surface area contributed by atoms with Crippen molar-refractivity contribution < 1.29 is 0 Å². The highest BCUT2D eigenvalue weighted by molar-refractivity contribution is 5.37. The fourth-order valence-corrected chi connectivity index (χ4v) is 2.10. The van der Waals surface area contributed by atoms with Gasteiger partial charge in [-0.15, -0.1) is 0 Å². The van der Waals surface area contributed by atoms with Crippen LogP contribution in [0, 0.1) is 5.92 Å². The molecule has 1 heterocycles. The van der Waals surface area contributed by atoms with Gasteiger partial charge in [0.1, 0.15) is 5.82 Å². The summed E-state index contributed by atoms with van der Waals surface area (Å²) < 4.78 is 0. The van der Waals surface area contributed by atoms with Gasteiger partial charge in [-0.25, -0.2) is 4.98 Å². The second kappa shape index (κ2) is 4.53. The van der Waals surface area contributed by atoms with Gasteiger partial charge in [-0.1, -0.05) is 30.3 Å². The Bertz CT molecular complexity index is 465. The van der Waals surface area contributed by atoms with Crippen molar-refractivity contribution in [2.75, 3.05) is 5.32 Å². The molecule has 17 heavy (non-hydrogen) atoms. The summed E-state index contributed by atoms with van der Waals surface area (Å²) in [5.74, 6) is 1.59. The summed E-state index contributed by atoms with van der Waals surface area (Å²) in [6.45, 7) is 0. The fraction of sp³-hybridized carbons (Fsp3) is 0.286. The van der Waals surface area contributed by atoms with Crippen LogP contribution in [0.1, 0.15) is 24.4 Å². The van der Waals surface area contributed by atoms with Crippen molar-refractivity contribution in [3.8, 4) is 0 Å². The lowest BCUT2D eigenvalue weighted by molar-refractivity contribution is 0.675. The SMILES string of the molecule is c1ccc(C(Nc2cnccn2)C2CC2)cc1. The first-order valence-corrected chi connectivity index (χ1v) is 6.01. The van der Waals surface area contributed by atoms with E-state index >= 15 is 0 Å². The molecule has 2 aromatic rings. The Kier molecular flexibility index (Phi) is 2.74. The van der Waals surface area contributed by atoms with Crippen LogP contribution in [0.15, 0.2) is 48.9 Å². The van der Waals surface area contributed by atoms with Gasteiger partial charge in [0.15, 0.2) is 0 Å². The van der Waals surface area contributed by atoms with Gasteiger partial charge in [0, 0.05) is 12.4 Å². The third kappa shape index (κ3) is 2.44. The maximum Gasteiger partial charge on any atom is 0.144 e. The zero-order valence-electron chi connectivity index (χ0n) is 9.58. The molecule has 1 saturated carbocycles. The summed E-state index contributed by atoms with van der Waals surface area (Å²) in [5, 5.41) is 3.48. The Morgan fingerprint density at radius 2 is 1.94 bits per heavy atom. The Labute approximate surface area is 101 Å². The number of nitrogens with zero attached hydrogens (tertiary/aromatic N) is 2. The van der Waals surface area contributed by atoms with Crippen molar-refractivity contribution in [2.45, 2.75) is 18.9 Å². The molecule has 3 rings (SSSR count). The molecule has 86 valence electrons. The van der Waals surface area contributed by atoms with Gasteiger partial charge in [-0.3, -0.25) is 4.98 Å². The summed E-state index contributed by atoms with van der Waals surface area (Å²) in [6.07, 6.45) is 7.79. The number of hydrogen-bond donors (Lipinski definition) is 1. The lowest BCUT2D eigenvalue weighted by Crippen LogP contribution is -2.13. The van der Waals surface area contributed by atoms with Crippen LogP contribution in [0.5, 0.6) is 0 Å². The molecule has 0 bridgehead atoms. The molecule has 0 radical (unpaired) electrons. The first-order chi connectivity index (χ1) is 8.43. The van der Waals surface area contributed by atoms with Crippen LogP contribution in [0.25, 0.3) is 0 Å². The normalized spacial score (nSPS) is 16.5. The zero-order valence-corrected chi connectivity index (χ0v) is 9.58. The van der Waals surface area contributed by atoms with Crippen molar-refractivity contribution in [1.29, 1.82) is 0 Å². The number of aromatic nitrogens is 2. The summed E-state index contributed by atoms with van der Waals surface area (Å²) in [6, 6.07) is 10.9. The maximum atomic E-state index is 4.28. The molecule has 0 aliphatic heterocycles. The Balaban J connectivity index is 1.82. The van der Waals surface area contributed by atoms with Crippen LogP contribution in [0.3, 0.4) is 0 Å². The van der Waals surface area contributed by atoms with Gasteiger partial charge in [-0.2, -0.15) is 0 Å². The minimum Gasteiger partial charge on any atom is -0.362 e. The third-order valence-corrected chi connectivity index (χ3v) is 3.12. The number of hydrogen-bond acceptors (Lipinski definition) is 3. The van der Waals surface area contributed by atoms with Gasteiger partial charge < -0.3 is 5.32 Å². The molecule has 1 aliphatic carbocycles. The van der Waals surface area contributed by atoms with E-state index in [0.717, 1.165) is 11.7 Å². The van der Waals surface area contributed by atoms with Gasteiger partial charge in [0.05, 0.1) is 12.2 Å². The van der Waals surface area contributed by atoms with E-state index in [1.807, 2.05) is 0 Å². The second-order valence-corrected chi connectivity index (χ2v) is 4.46. The van der Waals surface area contributed by atoms with Crippen molar-refractivity contribution in [2.24, 2.45) is 5.92 Å². The summed E-state index contributed by atoms with van der Waals surface area (Å²) in [4.78, 5) is 8.37. The highest BCUT2D eigenvalue weighted by atomic mass is 15.0. The Morgan fingerprint density at radius 3 is 2.59 bits per heavy atom. The van der Waals surface area contributed by atoms with E-state index in [1.54, 1.807) is 18.6 Å². The van der Waals surface area contributed by atoms with E-state index in [0.29, 0.717) is 6.04 Å². The second-order valence-electron chi connectivity index (χ2n) is 4.46. The van der Waals surface area contributed by atoms with Gasteiger partial charge in [0.25, 0.3) is 0 Å². The van der Waals surface area contributed by atoms with Gasteiger partial charge in [-0.05, 0) is 24.3 Å². The molecular formula is C14H15N3. The van der Waals surface area contributed by atoms with E-state index in [9.17, 15) is 0 Å². The average Bonchev–Trinajstić information content (AvgIpc) is 3.23. The predicted octanol–water partition coefficient (Wildman–Crippen LogP) is 3.04. The first-order valence-electron chi connectivity index (χ1n) is 6.01. The molecule has 1 N–H and O–H groups in total. The third-order valence-electron chi connectivity index (χ3n) is 3.12. The van der Waals surface area contributed by atoms with Gasteiger partial charge >= 0.3 is 0 Å². The molecule has 1 fully saturated rings. The van der Waals surface area contributed by atoms with Gasteiger partial charge in [0.2, 0.25) is 0 Å². The van der Waals surface area contributed by atoms with E-state index in [-0.39, 0.29) is 0 Å². The smallest absolute Gasteiger partial charge is 0.144 e. The van der Waals surface area contributed by atoms with Crippen LogP contribution in [-0.4, -0.2) is 9.97 Å².